The van der Waals surface area contributed by atoms with Gasteiger partial charge in [-0.05, 0) is 24.4 Å². The summed E-state index contributed by atoms with van der Waals surface area (Å²) in [6, 6.07) is 7.25. The Bertz CT molecular complexity index is 563. The number of aromatic nitrogens is 1. The summed E-state index contributed by atoms with van der Waals surface area (Å²) < 4.78 is 5.10. The van der Waals surface area contributed by atoms with E-state index in [2.05, 4.69) is 4.98 Å². The molecule has 0 fully saturated rings. The third-order valence-electron chi connectivity index (χ3n) is 2.37. The van der Waals surface area contributed by atoms with Gasteiger partial charge in [-0.15, -0.1) is 0 Å². The largest absolute Gasteiger partial charge is 0.481 e. The third-order valence-corrected chi connectivity index (χ3v) is 2.37. The summed E-state index contributed by atoms with van der Waals surface area (Å²) in [5.74, 6) is -0.709. The third kappa shape index (κ3) is 1.69. The number of hydrogen-bond acceptors (Lipinski definition) is 3. The molecular weight excluding hydrogens is 206 g/mol. The van der Waals surface area contributed by atoms with Gasteiger partial charge in [-0.1, -0.05) is 17.7 Å². The molecule has 16 heavy (non-hydrogen) atoms. The molecular formula is C12H11NO3. The van der Waals surface area contributed by atoms with Crippen molar-refractivity contribution in [3.63, 3.8) is 0 Å². The van der Waals surface area contributed by atoms with E-state index < -0.39 is 5.97 Å². The Labute approximate surface area is 92.5 Å². The fraction of sp³-hybridized carbons (Fsp3) is 0.167. The van der Waals surface area contributed by atoms with Crippen molar-refractivity contribution in [2.75, 3.05) is 7.11 Å². The monoisotopic (exact) mass is 217 g/mol. The van der Waals surface area contributed by atoms with Crippen LogP contribution < -0.4 is 4.74 Å². The molecule has 0 radical (unpaired) electrons. The van der Waals surface area contributed by atoms with Gasteiger partial charge in [0, 0.05) is 5.39 Å². The van der Waals surface area contributed by atoms with Crippen LogP contribution in [0.5, 0.6) is 5.88 Å². The van der Waals surface area contributed by atoms with Crippen molar-refractivity contribution >= 4 is 16.7 Å². The molecule has 1 aromatic heterocycles. The summed E-state index contributed by atoms with van der Waals surface area (Å²) in [5.41, 5.74) is 1.07. The molecule has 0 aliphatic rings. The Kier molecular flexibility index (Phi) is 2.48. The van der Waals surface area contributed by atoms with E-state index in [-0.39, 0.29) is 5.69 Å². The lowest BCUT2D eigenvalue weighted by Crippen LogP contribution is -2.02. The second kappa shape index (κ2) is 3.81. The zero-order valence-corrected chi connectivity index (χ0v) is 9.02. The van der Waals surface area contributed by atoms with E-state index in [1.54, 1.807) is 6.07 Å². The number of rotatable bonds is 2. The van der Waals surface area contributed by atoms with E-state index in [1.165, 1.54) is 7.11 Å². The SMILES string of the molecule is COc1nc(C(=O)O)cc2ccc(C)cc12. The number of carboxylic acids is 1. The molecule has 4 heteroatoms. The molecule has 1 aromatic carbocycles. The van der Waals surface area contributed by atoms with Crippen LogP contribution in [0, 0.1) is 6.92 Å². The second-order valence-electron chi connectivity index (χ2n) is 3.55. The van der Waals surface area contributed by atoms with Gasteiger partial charge in [-0.2, -0.15) is 0 Å². The van der Waals surface area contributed by atoms with Crippen LogP contribution in [0.1, 0.15) is 16.1 Å². The maximum atomic E-state index is 10.9. The number of benzene rings is 1. The van der Waals surface area contributed by atoms with E-state index in [1.807, 2.05) is 25.1 Å². The molecule has 1 N–H and O–H groups in total. The highest BCUT2D eigenvalue weighted by atomic mass is 16.5. The molecule has 4 nitrogen and oxygen atoms in total. The van der Waals surface area contributed by atoms with Crippen LogP contribution in [0.25, 0.3) is 10.8 Å². The van der Waals surface area contributed by atoms with Crippen molar-refractivity contribution < 1.29 is 14.6 Å². The number of aryl methyl sites for hydroxylation is 1. The van der Waals surface area contributed by atoms with Gasteiger partial charge in [0.05, 0.1) is 7.11 Å². The first kappa shape index (κ1) is 10.4. The maximum absolute atomic E-state index is 10.9. The molecule has 0 spiro atoms. The van der Waals surface area contributed by atoms with Gasteiger partial charge in [0.2, 0.25) is 5.88 Å². The van der Waals surface area contributed by atoms with Crippen molar-refractivity contribution in [3.05, 3.63) is 35.5 Å². The highest BCUT2D eigenvalue weighted by molar-refractivity contribution is 5.94. The Morgan fingerprint density at radius 3 is 2.75 bits per heavy atom. The van der Waals surface area contributed by atoms with Crippen LogP contribution in [-0.2, 0) is 0 Å². The van der Waals surface area contributed by atoms with Crippen LogP contribution in [-0.4, -0.2) is 23.2 Å². The molecule has 0 atom stereocenters. The zero-order valence-electron chi connectivity index (χ0n) is 9.02. The molecule has 2 rings (SSSR count). The molecule has 2 aromatic rings. The van der Waals surface area contributed by atoms with E-state index in [4.69, 9.17) is 9.84 Å². The summed E-state index contributed by atoms with van der Waals surface area (Å²) in [6.45, 7) is 1.96. The summed E-state index contributed by atoms with van der Waals surface area (Å²) in [7, 11) is 1.48. The Hall–Kier alpha value is -2.10. The Morgan fingerprint density at radius 2 is 2.12 bits per heavy atom. The topological polar surface area (TPSA) is 59.4 Å². The predicted molar refractivity (Wildman–Crippen MR) is 60.0 cm³/mol. The summed E-state index contributed by atoms with van der Waals surface area (Å²) in [5, 5.41) is 10.5. The zero-order chi connectivity index (χ0) is 11.7. The normalized spacial score (nSPS) is 10.4. The smallest absolute Gasteiger partial charge is 0.354 e. The average molecular weight is 217 g/mol. The fourth-order valence-corrected chi connectivity index (χ4v) is 1.60. The number of nitrogens with zero attached hydrogens (tertiary/aromatic N) is 1. The average Bonchev–Trinajstić information content (AvgIpc) is 2.27. The van der Waals surface area contributed by atoms with Gasteiger partial charge < -0.3 is 9.84 Å². The molecule has 0 unspecified atom stereocenters. The first-order chi connectivity index (χ1) is 7.61. The minimum atomic E-state index is -1.05. The number of methoxy groups -OCH3 is 1. The lowest BCUT2D eigenvalue weighted by Gasteiger charge is -2.06. The Balaban J connectivity index is 2.78. The number of carbonyl (C=O) groups is 1. The first-order valence-electron chi connectivity index (χ1n) is 4.80. The van der Waals surface area contributed by atoms with E-state index >= 15 is 0 Å². The van der Waals surface area contributed by atoms with Crippen molar-refractivity contribution in [2.45, 2.75) is 6.92 Å². The summed E-state index contributed by atoms with van der Waals surface area (Å²) >= 11 is 0. The predicted octanol–water partition coefficient (Wildman–Crippen LogP) is 2.25. The number of pyridine rings is 1. The number of aromatic carboxylic acids is 1. The van der Waals surface area contributed by atoms with Crippen molar-refractivity contribution in [2.24, 2.45) is 0 Å². The second-order valence-corrected chi connectivity index (χ2v) is 3.55. The maximum Gasteiger partial charge on any atom is 0.354 e. The quantitative estimate of drug-likeness (QED) is 0.838. The van der Waals surface area contributed by atoms with Gasteiger partial charge in [-0.3, -0.25) is 0 Å². The number of carboxylic acid groups (broad SMARTS) is 1. The lowest BCUT2D eigenvalue weighted by atomic mass is 10.1. The van der Waals surface area contributed by atoms with Gasteiger partial charge in [0.1, 0.15) is 0 Å². The molecule has 0 saturated carbocycles. The van der Waals surface area contributed by atoms with E-state index in [0.717, 1.165) is 16.3 Å². The molecule has 0 aliphatic carbocycles. The fourth-order valence-electron chi connectivity index (χ4n) is 1.60. The van der Waals surface area contributed by atoms with Crippen molar-refractivity contribution in [3.8, 4) is 5.88 Å². The van der Waals surface area contributed by atoms with Crippen LogP contribution in [0.15, 0.2) is 24.3 Å². The van der Waals surface area contributed by atoms with Gasteiger partial charge in [-0.25, -0.2) is 9.78 Å². The molecule has 0 aliphatic heterocycles. The summed E-state index contributed by atoms with van der Waals surface area (Å²) in [6.07, 6.45) is 0. The summed E-state index contributed by atoms with van der Waals surface area (Å²) in [4.78, 5) is 14.8. The minimum absolute atomic E-state index is 0.00629. The van der Waals surface area contributed by atoms with Crippen LogP contribution in [0.4, 0.5) is 0 Å². The van der Waals surface area contributed by atoms with Crippen LogP contribution >= 0.6 is 0 Å². The molecule has 82 valence electrons. The highest BCUT2D eigenvalue weighted by Crippen LogP contribution is 2.25. The standard InChI is InChI=1S/C12H11NO3/c1-7-3-4-8-6-10(12(14)15)13-11(16-2)9(8)5-7/h3-6H,1-2H3,(H,14,15). The van der Waals surface area contributed by atoms with Gasteiger partial charge in [0.15, 0.2) is 5.69 Å². The van der Waals surface area contributed by atoms with Crippen molar-refractivity contribution in [1.29, 1.82) is 0 Å². The van der Waals surface area contributed by atoms with Crippen LogP contribution in [0.2, 0.25) is 0 Å². The van der Waals surface area contributed by atoms with Crippen LogP contribution in [0.3, 0.4) is 0 Å². The number of ether oxygens (including phenoxy) is 1. The molecule has 0 bridgehead atoms. The lowest BCUT2D eigenvalue weighted by molar-refractivity contribution is 0.0690. The number of fused-ring (bicyclic) bond motifs is 1. The highest BCUT2D eigenvalue weighted by Gasteiger charge is 2.11. The molecule has 0 amide bonds. The van der Waals surface area contributed by atoms with E-state index in [9.17, 15) is 4.79 Å². The molecule has 1 heterocycles. The number of hydrogen-bond donors (Lipinski definition) is 1. The minimum Gasteiger partial charge on any atom is -0.481 e. The van der Waals surface area contributed by atoms with Crippen molar-refractivity contribution in [1.82, 2.24) is 4.98 Å². The van der Waals surface area contributed by atoms with Gasteiger partial charge >= 0.3 is 5.97 Å². The Morgan fingerprint density at radius 1 is 1.38 bits per heavy atom. The molecule has 0 saturated heterocycles. The first-order valence-corrected chi connectivity index (χ1v) is 4.80. The van der Waals surface area contributed by atoms with E-state index in [0.29, 0.717) is 5.88 Å². The van der Waals surface area contributed by atoms with Gasteiger partial charge in [0.25, 0.3) is 0 Å².